The van der Waals surface area contributed by atoms with Crippen molar-refractivity contribution in [2.24, 2.45) is 0 Å². The molecule has 0 fully saturated rings. The van der Waals surface area contributed by atoms with Gasteiger partial charge in [0, 0.05) is 65.7 Å². The lowest BCUT2D eigenvalue weighted by molar-refractivity contribution is 0.611. The summed E-state index contributed by atoms with van der Waals surface area (Å²) in [5, 5.41) is 6.96. The van der Waals surface area contributed by atoms with Gasteiger partial charge in [0.2, 0.25) is 0 Å². The average molecular weight is 326 g/mol. The summed E-state index contributed by atoms with van der Waals surface area (Å²) in [6.07, 6.45) is 0. The van der Waals surface area contributed by atoms with Crippen molar-refractivity contribution >= 4 is 11.4 Å². The van der Waals surface area contributed by atoms with E-state index in [2.05, 4.69) is 97.2 Å². The molecule has 0 atom stereocenters. The van der Waals surface area contributed by atoms with Gasteiger partial charge in [-0.3, -0.25) is 0 Å². The van der Waals surface area contributed by atoms with E-state index in [4.69, 9.17) is 0 Å². The summed E-state index contributed by atoms with van der Waals surface area (Å²) in [7, 11) is 8.25. The van der Waals surface area contributed by atoms with Crippen LogP contribution in [0.15, 0.2) is 48.5 Å². The average Bonchev–Trinajstić information content (AvgIpc) is 2.58. The van der Waals surface area contributed by atoms with Crippen molar-refractivity contribution in [3.05, 3.63) is 59.7 Å². The molecule has 2 aromatic carbocycles. The predicted molar refractivity (Wildman–Crippen MR) is 105 cm³/mol. The smallest absolute Gasteiger partial charge is 0.0361 e. The molecule has 2 rings (SSSR count). The van der Waals surface area contributed by atoms with Crippen molar-refractivity contribution in [1.82, 2.24) is 10.6 Å². The predicted octanol–water partition coefficient (Wildman–Crippen LogP) is 2.70. The van der Waals surface area contributed by atoms with Gasteiger partial charge in [0.25, 0.3) is 0 Å². The summed E-state index contributed by atoms with van der Waals surface area (Å²) in [6, 6.07) is 17.4. The molecule has 0 bridgehead atoms. The summed E-state index contributed by atoms with van der Waals surface area (Å²) in [5.41, 5.74) is 5.11. The first-order valence-electron chi connectivity index (χ1n) is 8.50. The van der Waals surface area contributed by atoms with E-state index in [9.17, 15) is 0 Å². The molecule has 0 saturated heterocycles. The highest BCUT2D eigenvalue weighted by molar-refractivity contribution is 5.46. The van der Waals surface area contributed by atoms with Gasteiger partial charge in [0.05, 0.1) is 0 Å². The van der Waals surface area contributed by atoms with E-state index < -0.39 is 0 Å². The minimum absolute atomic E-state index is 0.910. The lowest BCUT2D eigenvalue weighted by atomic mass is 10.2. The normalized spacial score (nSPS) is 10.7. The molecule has 4 heteroatoms. The number of benzene rings is 2. The van der Waals surface area contributed by atoms with Gasteiger partial charge in [-0.1, -0.05) is 24.3 Å². The van der Waals surface area contributed by atoms with Crippen molar-refractivity contribution in [3.8, 4) is 0 Å². The Balaban J connectivity index is 1.61. The van der Waals surface area contributed by atoms with E-state index in [1.54, 1.807) is 0 Å². The van der Waals surface area contributed by atoms with Crippen molar-refractivity contribution in [3.63, 3.8) is 0 Å². The molecular formula is C20H30N4. The summed E-state index contributed by atoms with van der Waals surface area (Å²) in [5.74, 6) is 0. The second kappa shape index (κ2) is 9.30. The van der Waals surface area contributed by atoms with Crippen molar-refractivity contribution in [2.45, 2.75) is 13.1 Å². The lowest BCUT2D eigenvalue weighted by Crippen LogP contribution is -2.26. The van der Waals surface area contributed by atoms with Crippen LogP contribution < -0.4 is 20.4 Å². The number of hydrogen-bond acceptors (Lipinski definition) is 4. The lowest BCUT2D eigenvalue weighted by Gasteiger charge is -2.13. The standard InChI is InChI=1S/C20H30N4/c1-23(2)19-9-5-17(6-10-19)15-21-13-14-22-16-18-7-11-20(12-8-18)24(3)4/h5-12,21-22H,13-16H2,1-4H3. The Labute approximate surface area is 146 Å². The van der Waals surface area contributed by atoms with Crippen LogP contribution in [0.5, 0.6) is 0 Å². The molecule has 130 valence electrons. The Bertz CT molecular complexity index is 533. The van der Waals surface area contributed by atoms with Gasteiger partial charge in [-0.15, -0.1) is 0 Å². The van der Waals surface area contributed by atoms with E-state index in [1.165, 1.54) is 22.5 Å². The molecule has 0 spiro atoms. The fraction of sp³-hybridized carbons (Fsp3) is 0.400. The SMILES string of the molecule is CN(C)c1ccc(CNCCNCc2ccc(N(C)C)cc2)cc1. The number of anilines is 2. The Hall–Kier alpha value is -2.04. The van der Waals surface area contributed by atoms with Gasteiger partial charge in [-0.25, -0.2) is 0 Å². The van der Waals surface area contributed by atoms with Gasteiger partial charge in [-0.05, 0) is 35.4 Å². The highest BCUT2D eigenvalue weighted by Gasteiger charge is 1.98. The van der Waals surface area contributed by atoms with Crippen molar-refractivity contribution in [1.29, 1.82) is 0 Å². The van der Waals surface area contributed by atoms with Gasteiger partial charge >= 0.3 is 0 Å². The van der Waals surface area contributed by atoms with Gasteiger partial charge < -0.3 is 20.4 Å². The molecule has 0 heterocycles. The van der Waals surface area contributed by atoms with Crippen molar-refractivity contribution in [2.75, 3.05) is 51.1 Å². The zero-order valence-corrected chi connectivity index (χ0v) is 15.3. The highest BCUT2D eigenvalue weighted by Crippen LogP contribution is 2.12. The summed E-state index contributed by atoms with van der Waals surface area (Å²) in [6.45, 7) is 3.75. The highest BCUT2D eigenvalue weighted by atomic mass is 15.1. The number of hydrogen-bond donors (Lipinski definition) is 2. The fourth-order valence-corrected chi connectivity index (χ4v) is 2.47. The molecule has 0 radical (unpaired) electrons. The molecule has 0 saturated carbocycles. The largest absolute Gasteiger partial charge is 0.378 e. The topological polar surface area (TPSA) is 30.5 Å². The Morgan fingerprint density at radius 1 is 0.583 bits per heavy atom. The van der Waals surface area contributed by atoms with Crippen molar-refractivity contribution < 1.29 is 0 Å². The van der Waals surface area contributed by atoms with E-state index >= 15 is 0 Å². The first-order chi connectivity index (χ1) is 11.6. The number of nitrogens with zero attached hydrogens (tertiary/aromatic N) is 2. The van der Waals surface area contributed by atoms with Crippen LogP contribution in [0.3, 0.4) is 0 Å². The molecule has 0 aliphatic carbocycles. The Morgan fingerprint density at radius 3 is 1.21 bits per heavy atom. The third-order valence-corrected chi connectivity index (χ3v) is 4.04. The Kier molecular flexibility index (Phi) is 7.09. The van der Waals surface area contributed by atoms with Crippen LogP contribution in [-0.2, 0) is 13.1 Å². The molecule has 0 amide bonds. The Morgan fingerprint density at radius 2 is 0.917 bits per heavy atom. The van der Waals surface area contributed by atoms with E-state index in [-0.39, 0.29) is 0 Å². The van der Waals surface area contributed by atoms with Gasteiger partial charge in [0.15, 0.2) is 0 Å². The zero-order valence-electron chi connectivity index (χ0n) is 15.3. The van der Waals surface area contributed by atoms with E-state index in [0.717, 1.165) is 26.2 Å². The van der Waals surface area contributed by atoms with Crippen LogP contribution >= 0.6 is 0 Å². The monoisotopic (exact) mass is 326 g/mol. The van der Waals surface area contributed by atoms with E-state index in [0.29, 0.717) is 0 Å². The third-order valence-electron chi connectivity index (χ3n) is 4.04. The second-order valence-electron chi connectivity index (χ2n) is 6.48. The van der Waals surface area contributed by atoms with Crippen LogP contribution in [0.4, 0.5) is 11.4 Å². The second-order valence-corrected chi connectivity index (χ2v) is 6.48. The van der Waals surface area contributed by atoms with E-state index in [1.807, 2.05) is 0 Å². The van der Waals surface area contributed by atoms with Gasteiger partial charge in [-0.2, -0.15) is 0 Å². The number of rotatable bonds is 9. The molecule has 24 heavy (non-hydrogen) atoms. The maximum absolute atomic E-state index is 3.48. The van der Waals surface area contributed by atoms with Crippen LogP contribution in [0.25, 0.3) is 0 Å². The maximum Gasteiger partial charge on any atom is 0.0361 e. The molecule has 4 nitrogen and oxygen atoms in total. The molecule has 2 N–H and O–H groups in total. The first-order valence-corrected chi connectivity index (χ1v) is 8.50. The van der Waals surface area contributed by atoms with Crippen LogP contribution in [0.2, 0.25) is 0 Å². The van der Waals surface area contributed by atoms with Crippen LogP contribution in [0, 0.1) is 0 Å². The molecule has 0 unspecified atom stereocenters. The molecule has 0 aliphatic heterocycles. The zero-order chi connectivity index (χ0) is 17.4. The molecule has 0 aliphatic rings. The minimum Gasteiger partial charge on any atom is -0.378 e. The summed E-state index contributed by atoms with van der Waals surface area (Å²) in [4.78, 5) is 4.23. The van der Waals surface area contributed by atoms with Crippen LogP contribution in [-0.4, -0.2) is 41.3 Å². The molecule has 0 aromatic heterocycles. The first kappa shape index (κ1) is 18.3. The fourth-order valence-electron chi connectivity index (χ4n) is 2.47. The quantitative estimate of drug-likeness (QED) is 0.694. The minimum atomic E-state index is 0.910. The maximum atomic E-state index is 3.48. The number of nitrogens with one attached hydrogen (secondary N) is 2. The third kappa shape index (κ3) is 5.87. The molecule has 2 aromatic rings. The summed E-state index contributed by atoms with van der Waals surface area (Å²) >= 11 is 0. The summed E-state index contributed by atoms with van der Waals surface area (Å²) < 4.78 is 0. The van der Waals surface area contributed by atoms with Crippen LogP contribution in [0.1, 0.15) is 11.1 Å². The molecular weight excluding hydrogens is 296 g/mol. The van der Waals surface area contributed by atoms with Gasteiger partial charge in [0.1, 0.15) is 0 Å².